The molecule has 5 heteroatoms. The van der Waals surface area contributed by atoms with Crippen molar-refractivity contribution < 1.29 is 9.53 Å². The number of methoxy groups -OCH3 is 1. The molecule has 2 N–H and O–H groups in total. The van der Waals surface area contributed by atoms with E-state index in [1.165, 1.54) is 7.11 Å². The van der Waals surface area contributed by atoms with Gasteiger partial charge in [-0.3, -0.25) is 4.79 Å². The second-order valence-corrected chi connectivity index (χ2v) is 6.49. The molecule has 0 amide bonds. The zero-order chi connectivity index (χ0) is 13.9. The number of ether oxygens (including phenoxy) is 1. The van der Waals surface area contributed by atoms with Crippen LogP contribution in [0.4, 0.5) is 5.69 Å². The lowest BCUT2D eigenvalue weighted by molar-refractivity contribution is -0.141. The molecule has 0 heterocycles. The Bertz CT molecular complexity index is 475. The van der Waals surface area contributed by atoms with Gasteiger partial charge in [-0.15, -0.1) is 0 Å². The van der Waals surface area contributed by atoms with Crippen molar-refractivity contribution in [1.82, 2.24) is 0 Å². The number of hydrogen-bond acceptors (Lipinski definition) is 4. The number of benzene rings is 1. The molecule has 104 valence electrons. The van der Waals surface area contributed by atoms with Crippen molar-refractivity contribution in [3.63, 3.8) is 0 Å². The topological polar surface area (TPSA) is 52.3 Å². The fourth-order valence-electron chi connectivity index (χ4n) is 2.01. The highest BCUT2D eigenvalue weighted by molar-refractivity contribution is 7.98. The average Bonchev–Trinajstić information content (AvgIpc) is 3.13. The Hall–Kier alpha value is -0.870. The van der Waals surface area contributed by atoms with Crippen LogP contribution < -0.4 is 5.73 Å². The largest absolute Gasteiger partial charge is 0.469 e. The van der Waals surface area contributed by atoms with E-state index in [2.05, 4.69) is 0 Å². The molecule has 2 rings (SSSR count). The number of thioether (sulfide) groups is 1. The van der Waals surface area contributed by atoms with Crippen LogP contribution in [0.2, 0.25) is 5.02 Å². The molecule has 3 nitrogen and oxygen atoms in total. The first-order chi connectivity index (χ1) is 9.04. The summed E-state index contributed by atoms with van der Waals surface area (Å²) in [7, 11) is 1.44. The normalized spacial score (nSPS) is 16.1. The number of rotatable bonds is 6. The lowest BCUT2D eigenvalue weighted by Gasteiger charge is -2.13. The van der Waals surface area contributed by atoms with Crippen molar-refractivity contribution in [2.45, 2.75) is 25.0 Å². The molecule has 19 heavy (non-hydrogen) atoms. The van der Waals surface area contributed by atoms with Gasteiger partial charge in [-0.2, -0.15) is 11.8 Å². The van der Waals surface area contributed by atoms with Crippen LogP contribution in [0.3, 0.4) is 0 Å². The maximum absolute atomic E-state index is 11.3. The van der Waals surface area contributed by atoms with Gasteiger partial charge in [-0.1, -0.05) is 11.6 Å². The molecule has 1 aliphatic rings. The first kappa shape index (κ1) is 14.5. The molecule has 0 bridgehead atoms. The van der Waals surface area contributed by atoms with Gasteiger partial charge in [0.2, 0.25) is 0 Å². The highest BCUT2D eigenvalue weighted by Gasteiger charge is 2.44. The number of nitrogen functional groups attached to an aromatic ring is 1. The third-order valence-electron chi connectivity index (χ3n) is 3.44. The lowest BCUT2D eigenvalue weighted by atomic mass is 10.1. The van der Waals surface area contributed by atoms with Gasteiger partial charge in [0, 0.05) is 16.5 Å². The lowest BCUT2D eigenvalue weighted by Crippen LogP contribution is -2.13. The van der Waals surface area contributed by atoms with Gasteiger partial charge in [0.15, 0.2) is 0 Å². The summed E-state index contributed by atoms with van der Waals surface area (Å²) in [5, 5.41) is 0.750. The molecular formula is C14H18ClNO2S. The SMILES string of the molecule is COC(=O)CC1(CSCc2cc(N)ccc2Cl)CC1. The first-order valence-corrected chi connectivity index (χ1v) is 7.76. The quantitative estimate of drug-likeness (QED) is 0.645. The van der Waals surface area contributed by atoms with E-state index in [-0.39, 0.29) is 11.4 Å². The summed E-state index contributed by atoms with van der Waals surface area (Å²) in [6, 6.07) is 5.54. The smallest absolute Gasteiger partial charge is 0.306 e. The highest BCUT2D eigenvalue weighted by atomic mass is 35.5. The fraction of sp³-hybridized carbons (Fsp3) is 0.500. The molecule has 0 spiro atoms. The summed E-state index contributed by atoms with van der Waals surface area (Å²) in [5.74, 6) is 1.68. The number of carbonyl (C=O) groups is 1. The molecule has 1 fully saturated rings. The van der Waals surface area contributed by atoms with E-state index < -0.39 is 0 Å². The number of halogens is 1. The summed E-state index contributed by atoms with van der Waals surface area (Å²) in [4.78, 5) is 11.3. The van der Waals surface area contributed by atoms with E-state index in [9.17, 15) is 4.79 Å². The van der Waals surface area contributed by atoms with E-state index in [4.69, 9.17) is 22.1 Å². The van der Waals surface area contributed by atoms with Crippen LogP contribution in [0, 0.1) is 5.41 Å². The molecule has 1 saturated carbocycles. The van der Waals surface area contributed by atoms with Crippen LogP contribution in [0.5, 0.6) is 0 Å². The predicted octanol–water partition coefficient (Wildman–Crippen LogP) is 3.50. The Morgan fingerprint density at radius 1 is 1.53 bits per heavy atom. The molecule has 0 atom stereocenters. The van der Waals surface area contributed by atoms with E-state index in [1.807, 2.05) is 12.1 Å². The van der Waals surface area contributed by atoms with Gasteiger partial charge in [-0.25, -0.2) is 0 Å². The number of hydrogen-bond donors (Lipinski definition) is 1. The van der Waals surface area contributed by atoms with Crippen molar-refractivity contribution in [3.05, 3.63) is 28.8 Å². The van der Waals surface area contributed by atoms with Gasteiger partial charge in [0.25, 0.3) is 0 Å². The summed E-state index contributed by atoms with van der Waals surface area (Å²) in [6.45, 7) is 0. The van der Waals surface area contributed by atoms with Crippen LogP contribution >= 0.6 is 23.4 Å². The molecule has 0 aliphatic heterocycles. The van der Waals surface area contributed by atoms with Crippen molar-refractivity contribution in [2.24, 2.45) is 5.41 Å². The van der Waals surface area contributed by atoms with Gasteiger partial charge in [0.05, 0.1) is 13.5 Å². The highest BCUT2D eigenvalue weighted by Crippen LogP contribution is 2.51. The zero-order valence-electron chi connectivity index (χ0n) is 10.9. The molecule has 1 aromatic rings. The Balaban J connectivity index is 1.83. The van der Waals surface area contributed by atoms with Crippen molar-refractivity contribution in [2.75, 3.05) is 18.6 Å². The third-order valence-corrected chi connectivity index (χ3v) is 5.14. The van der Waals surface area contributed by atoms with Crippen LogP contribution in [-0.4, -0.2) is 18.8 Å². The number of carbonyl (C=O) groups excluding carboxylic acids is 1. The Morgan fingerprint density at radius 3 is 2.89 bits per heavy atom. The maximum Gasteiger partial charge on any atom is 0.306 e. The zero-order valence-corrected chi connectivity index (χ0v) is 12.5. The van der Waals surface area contributed by atoms with E-state index in [0.29, 0.717) is 6.42 Å². The molecule has 0 radical (unpaired) electrons. The van der Waals surface area contributed by atoms with Crippen molar-refractivity contribution >= 4 is 35.0 Å². The fourth-order valence-corrected chi connectivity index (χ4v) is 3.66. The second-order valence-electron chi connectivity index (χ2n) is 5.10. The summed E-state index contributed by atoms with van der Waals surface area (Å²) in [6.07, 6.45) is 2.75. The van der Waals surface area contributed by atoms with E-state index in [0.717, 1.165) is 40.6 Å². The molecular weight excluding hydrogens is 282 g/mol. The monoisotopic (exact) mass is 299 g/mol. The summed E-state index contributed by atoms with van der Waals surface area (Å²) < 4.78 is 4.74. The van der Waals surface area contributed by atoms with Crippen LogP contribution in [0.1, 0.15) is 24.8 Å². The van der Waals surface area contributed by atoms with Crippen molar-refractivity contribution in [1.29, 1.82) is 0 Å². The number of anilines is 1. The molecule has 0 unspecified atom stereocenters. The molecule has 1 aromatic carbocycles. The Labute approximate surface area is 122 Å². The van der Waals surface area contributed by atoms with E-state index >= 15 is 0 Å². The summed E-state index contributed by atoms with van der Waals surface area (Å²) >= 11 is 7.93. The Morgan fingerprint density at radius 2 is 2.26 bits per heavy atom. The third kappa shape index (κ3) is 4.05. The summed E-state index contributed by atoms with van der Waals surface area (Å²) in [5.41, 5.74) is 7.70. The van der Waals surface area contributed by atoms with Gasteiger partial charge in [-0.05, 0) is 47.8 Å². The number of esters is 1. The minimum Gasteiger partial charge on any atom is -0.469 e. The van der Waals surface area contributed by atoms with Crippen LogP contribution in [-0.2, 0) is 15.3 Å². The maximum atomic E-state index is 11.3. The van der Waals surface area contributed by atoms with Gasteiger partial charge in [0.1, 0.15) is 0 Å². The van der Waals surface area contributed by atoms with E-state index in [1.54, 1.807) is 17.8 Å². The van der Waals surface area contributed by atoms with Crippen molar-refractivity contribution in [3.8, 4) is 0 Å². The molecule has 1 aliphatic carbocycles. The first-order valence-electron chi connectivity index (χ1n) is 6.23. The minimum atomic E-state index is -0.111. The standard InChI is InChI=1S/C14H18ClNO2S/c1-18-13(17)7-14(4-5-14)9-19-8-10-6-11(16)2-3-12(10)15/h2-3,6H,4-5,7-9,16H2,1H3. The molecule has 0 aromatic heterocycles. The predicted molar refractivity (Wildman–Crippen MR) is 80.3 cm³/mol. The average molecular weight is 300 g/mol. The second kappa shape index (κ2) is 6.06. The van der Waals surface area contributed by atoms with Gasteiger partial charge < -0.3 is 10.5 Å². The molecule has 0 saturated heterocycles. The minimum absolute atomic E-state index is 0.111. The Kier molecular flexibility index (Phi) is 4.63. The number of nitrogens with two attached hydrogens (primary N) is 1. The van der Waals surface area contributed by atoms with Gasteiger partial charge >= 0.3 is 5.97 Å². The van der Waals surface area contributed by atoms with Crippen LogP contribution in [0.25, 0.3) is 0 Å². The van der Waals surface area contributed by atoms with Crippen LogP contribution in [0.15, 0.2) is 18.2 Å².